The van der Waals surface area contributed by atoms with Crippen LogP contribution in [0.5, 0.6) is 0 Å². The molecule has 0 saturated carbocycles. The third-order valence-corrected chi connectivity index (χ3v) is 5.92. The predicted octanol–water partition coefficient (Wildman–Crippen LogP) is 4.98. The molecule has 0 aliphatic heterocycles. The highest BCUT2D eigenvalue weighted by molar-refractivity contribution is 7.99. The van der Waals surface area contributed by atoms with E-state index in [1.54, 1.807) is 22.8 Å². The normalized spacial score (nSPS) is 11.4. The number of benzene rings is 1. The molecule has 2 aromatic heterocycles. The molecule has 7 heteroatoms. The third kappa shape index (κ3) is 3.81. The molecule has 0 N–H and O–H groups in total. The molecule has 0 radical (unpaired) electrons. The minimum atomic E-state index is -0.112. The van der Waals surface area contributed by atoms with Crippen molar-refractivity contribution in [2.75, 3.05) is 5.75 Å². The van der Waals surface area contributed by atoms with Gasteiger partial charge < -0.3 is 0 Å². The van der Waals surface area contributed by atoms with Crippen LogP contribution in [0.25, 0.3) is 10.9 Å². The average molecular weight is 393 g/mol. The molecule has 0 aliphatic carbocycles. The smallest absolute Gasteiger partial charge is 0.262 e. The van der Waals surface area contributed by atoms with Crippen LogP contribution in [0.1, 0.15) is 34.4 Å². The lowest BCUT2D eigenvalue weighted by Crippen LogP contribution is -2.25. The van der Waals surface area contributed by atoms with Gasteiger partial charge in [-0.15, -0.1) is 11.3 Å². The van der Waals surface area contributed by atoms with Crippen LogP contribution in [-0.2, 0) is 0 Å². The van der Waals surface area contributed by atoms with Gasteiger partial charge in [-0.25, -0.2) is 4.98 Å². The van der Waals surface area contributed by atoms with Crippen LogP contribution in [0.2, 0.25) is 5.02 Å². The Morgan fingerprint density at radius 2 is 2.08 bits per heavy atom. The van der Waals surface area contributed by atoms with Crippen LogP contribution in [0.4, 0.5) is 0 Å². The Morgan fingerprint density at radius 3 is 2.72 bits per heavy atom. The van der Waals surface area contributed by atoms with Gasteiger partial charge in [0.1, 0.15) is 0 Å². The number of thioether (sulfide) groups is 1. The molecule has 0 bridgehead atoms. The molecule has 0 atom stereocenters. The number of rotatable bonds is 5. The summed E-state index contributed by atoms with van der Waals surface area (Å²) in [5, 5.41) is 1.60. The minimum absolute atomic E-state index is 0.0406. The number of halogens is 1. The fourth-order valence-electron chi connectivity index (χ4n) is 2.49. The Hall–Kier alpha value is -1.63. The van der Waals surface area contributed by atoms with Gasteiger partial charge in [-0.2, -0.15) is 0 Å². The number of carbonyl (C=O) groups is 1. The summed E-state index contributed by atoms with van der Waals surface area (Å²) >= 11 is 8.80. The highest BCUT2D eigenvalue weighted by Crippen LogP contribution is 2.24. The van der Waals surface area contributed by atoms with Crippen LogP contribution < -0.4 is 5.56 Å². The number of aryl methyl sites for hydroxylation is 1. The van der Waals surface area contributed by atoms with Crippen molar-refractivity contribution in [2.24, 2.45) is 0 Å². The SMILES string of the molecule is Cc1ccc(C(=O)CSc2nc3cc(Cl)ccc3c(=O)n2C(C)C)s1. The summed E-state index contributed by atoms with van der Waals surface area (Å²) in [6.07, 6.45) is 0. The van der Waals surface area contributed by atoms with Crippen LogP contribution >= 0.6 is 34.7 Å². The van der Waals surface area contributed by atoms with Crippen molar-refractivity contribution in [1.82, 2.24) is 9.55 Å². The highest BCUT2D eigenvalue weighted by Gasteiger charge is 2.16. The molecular weight excluding hydrogens is 376 g/mol. The molecular formula is C18H17ClN2O2S2. The maximum absolute atomic E-state index is 12.8. The summed E-state index contributed by atoms with van der Waals surface area (Å²) in [5.74, 6) is 0.282. The number of aromatic nitrogens is 2. The number of hydrogen-bond acceptors (Lipinski definition) is 5. The first-order valence-electron chi connectivity index (χ1n) is 7.81. The second-order valence-electron chi connectivity index (χ2n) is 5.95. The Bertz CT molecular complexity index is 1010. The summed E-state index contributed by atoms with van der Waals surface area (Å²) < 4.78 is 1.63. The van der Waals surface area contributed by atoms with E-state index in [2.05, 4.69) is 4.98 Å². The summed E-state index contributed by atoms with van der Waals surface area (Å²) in [5.41, 5.74) is 0.440. The Kier molecular flexibility index (Phi) is 5.32. The number of ketones is 1. The molecule has 2 heterocycles. The molecule has 3 rings (SSSR count). The summed E-state index contributed by atoms with van der Waals surface area (Å²) in [6.45, 7) is 5.83. The zero-order chi connectivity index (χ0) is 18.1. The Labute approximate surface area is 158 Å². The maximum Gasteiger partial charge on any atom is 0.262 e. The van der Waals surface area contributed by atoms with Crippen molar-refractivity contribution in [3.05, 3.63) is 55.5 Å². The van der Waals surface area contributed by atoms with Crippen LogP contribution in [-0.4, -0.2) is 21.1 Å². The molecule has 3 aromatic rings. The quantitative estimate of drug-likeness (QED) is 0.349. The summed E-state index contributed by atoms with van der Waals surface area (Å²) in [6, 6.07) is 8.78. The number of carbonyl (C=O) groups excluding carboxylic acids is 1. The van der Waals surface area contributed by atoms with Gasteiger partial charge in [0.05, 0.1) is 21.5 Å². The molecule has 25 heavy (non-hydrogen) atoms. The van der Waals surface area contributed by atoms with Crippen molar-refractivity contribution in [2.45, 2.75) is 32.0 Å². The third-order valence-electron chi connectivity index (χ3n) is 3.70. The van der Waals surface area contributed by atoms with Gasteiger partial charge in [-0.1, -0.05) is 23.4 Å². The van der Waals surface area contributed by atoms with Gasteiger partial charge in [0.2, 0.25) is 0 Å². The first-order valence-corrected chi connectivity index (χ1v) is 9.99. The average Bonchev–Trinajstić information content (AvgIpc) is 2.98. The lowest BCUT2D eigenvalue weighted by Gasteiger charge is -2.16. The molecule has 0 spiro atoms. The van der Waals surface area contributed by atoms with Gasteiger partial charge in [0.15, 0.2) is 10.9 Å². The van der Waals surface area contributed by atoms with Crippen molar-refractivity contribution in [3.63, 3.8) is 0 Å². The zero-order valence-corrected chi connectivity index (χ0v) is 16.5. The summed E-state index contributed by atoms with van der Waals surface area (Å²) in [7, 11) is 0. The molecule has 1 aromatic carbocycles. The molecule has 0 amide bonds. The number of thiophene rings is 1. The van der Waals surface area contributed by atoms with Gasteiger partial charge in [-0.05, 0) is 51.1 Å². The van der Waals surface area contributed by atoms with Crippen LogP contribution in [0, 0.1) is 6.92 Å². The highest BCUT2D eigenvalue weighted by atomic mass is 35.5. The molecule has 0 aliphatic rings. The fourth-order valence-corrected chi connectivity index (χ4v) is 4.57. The van der Waals surface area contributed by atoms with E-state index in [-0.39, 0.29) is 23.1 Å². The van der Waals surface area contributed by atoms with E-state index in [9.17, 15) is 9.59 Å². The van der Waals surface area contributed by atoms with Crippen LogP contribution in [0.3, 0.4) is 0 Å². The molecule has 130 valence electrons. The van der Waals surface area contributed by atoms with Crippen molar-refractivity contribution < 1.29 is 4.79 Å². The maximum atomic E-state index is 12.8. The Balaban J connectivity index is 1.98. The fraction of sp³-hybridized carbons (Fsp3) is 0.278. The minimum Gasteiger partial charge on any atom is -0.292 e. The molecule has 4 nitrogen and oxygen atoms in total. The van der Waals surface area contributed by atoms with Gasteiger partial charge in [0, 0.05) is 15.9 Å². The van der Waals surface area contributed by atoms with Gasteiger partial charge >= 0.3 is 0 Å². The molecule has 0 saturated heterocycles. The predicted molar refractivity (Wildman–Crippen MR) is 106 cm³/mol. The standard InChI is InChI=1S/C18H17ClN2O2S2/c1-10(2)21-17(23)13-6-5-12(19)8-14(13)20-18(21)24-9-15(22)16-7-4-11(3)25-16/h4-8,10H,9H2,1-3H3. The van der Waals surface area contributed by atoms with E-state index in [0.717, 1.165) is 9.75 Å². The first-order chi connectivity index (χ1) is 11.9. The van der Waals surface area contributed by atoms with E-state index in [1.165, 1.54) is 23.1 Å². The zero-order valence-electron chi connectivity index (χ0n) is 14.1. The van der Waals surface area contributed by atoms with E-state index < -0.39 is 0 Å². The number of fused-ring (bicyclic) bond motifs is 1. The lowest BCUT2D eigenvalue weighted by molar-refractivity contribution is 0.102. The number of nitrogens with zero attached hydrogens (tertiary/aromatic N) is 2. The van der Waals surface area contributed by atoms with E-state index >= 15 is 0 Å². The van der Waals surface area contributed by atoms with E-state index in [4.69, 9.17) is 11.6 Å². The first kappa shape index (κ1) is 18.2. The second-order valence-corrected chi connectivity index (χ2v) is 8.61. The Morgan fingerprint density at radius 1 is 1.32 bits per heavy atom. The van der Waals surface area contributed by atoms with Crippen molar-refractivity contribution in [1.29, 1.82) is 0 Å². The topological polar surface area (TPSA) is 52.0 Å². The number of hydrogen-bond donors (Lipinski definition) is 0. The van der Waals surface area contributed by atoms with E-state index in [0.29, 0.717) is 21.1 Å². The molecule has 0 unspecified atom stereocenters. The van der Waals surface area contributed by atoms with Crippen LogP contribution in [0.15, 0.2) is 40.3 Å². The van der Waals surface area contributed by atoms with Crippen molar-refractivity contribution >= 4 is 51.4 Å². The largest absolute Gasteiger partial charge is 0.292 e. The number of Topliss-reactive ketones (excluding diaryl/α,β-unsaturated/α-hetero) is 1. The van der Waals surface area contributed by atoms with E-state index in [1.807, 2.05) is 32.9 Å². The molecule has 0 fully saturated rings. The van der Waals surface area contributed by atoms with Gasteiger partial charge in [-0.3, -0.25) is 14.2 Å². The monoisotopic (exact) mass is 392 g/mol. The van der Waals surface area contributed by atoms with Gasteiger partial charge in [0.25, 0.3) is 5.56 Å². The summed E-state index contributed by atoms with van der Waals surface area (Å²) in [4.78, 5) is 31.6. The second kappa shape index (κ2) is 7.32. The van der Waals surface area contributed by atoms with Crippen molar-refractivity contribution in [3.8, 4) is 0 Å². The lowest BCUT2D eigenvalue weighted by atomic mass is 10.2.